The van der Waals surface area contributed by atoms with Crippen LogP contribution in [-0.2, 0) is 61.9 Å². The van der Waals surface area contributed by atoms with Gasteiger partial charge in [0.05, 0.1) is 6.07 Å². The predicted molar refractivity (Wildman–Crippen MR) is 142 cm³/mol. The summed E-state index contributed by atoms with van der Waals surface area (Å²) >= 11 is 3.67. The van der Waals surface area contributed by atoms with Crippen molar-refractivity contribution in [3.8, 4) is 6.07 Å². The summed E-state index contributed by atoms with van der Waals surface area (Å²) in [5, 5.41) is 9.47. The van der Waals surface area contributed by atoms with Crippen LogP contribution < -0.4 is 0 Å². The molecule has 208 valence electrons. The molecule has 0 fully saturated rings. The van der Waals surface area contributed by atoms with E-state index in [1.165, 1.54) is 34.7 Å². The van der Waals surface area contributed by atoms with Crippen LogP contribution in [0, 0.1) is 11.3 Å². The maximum absolute atomic E-state index is 9.75. The molecule has 0 spiro atoms. The Morgan fingerprint density at radius 3 is 1.41 bits per heavy atom. The summed E-state index contributed by atoms with van der Waals surface area (Å²) in [5.74, 6) is 1.95. The van der Waals surface area contributed by atoms with Gasteiger partial charge in [0.2, 0.25) is 0 Å². The number of benzene rings is 1. The SMILES string of the molecule is CC#N.CCc1cc(CC)c(CSc2nccn2C)c(CC)c1CSc1nccn1C.F[B-](F)(F)F.[Cu+]. The van der Waals surface area contributed by atoms with E-state index in [1.54, 1.807) is 6.07 Å². The van der Waals surface area contributed by atoms with Crippen molar-refractivity contribution in [3.63, 3.8) is 0 Å². The van der Waals surface area contributed by atoms with Crippen LogP contribution in [-0.4, -0.2) is 26.4 Å². The van der Waals surface area contributed by atoms with Gasteiger partial charge in [0.25, 0.3) is 0 Å². The van der Waals surface area contributed by atoms with E-state index >= 15 is 0 Å². The fourth-order valence-corrected chi connectivity index (χ4v) is 5.69. The number of imidazole rings is 2. The van der Waals surface area contributed by atoms with Gasteiger partial charge in [-0.05, 0) is 47.1 Å². The summed E-state index contributed by atoms with van der Waals surface area (Å²) in [7, 11) is -1.88. The van der Waals surface area contributed by atoms with Crippen molar-refractivity contribution in [2.75, 3.05) is 0 Å². The van der Waals surface area contributed by atoms with Crippen molar-refractivity contribution in [2.24, 2.45) is 14.1 Å². The molecule has 2 heterocycles. The summed E-state index contributed by atoms with van der Waals surface area (Å²) in [6.45, 7) is 8.26. The van der Waals surface area contributed by atoms with E-state index in [2.05, 4.69) is 60.0 Å². The summed E-state index contributed by atoms with van der Waals surface area (Å²) in [6.07, 6.45) is 11.0. The third-order valence-corrected chi connectivity index (χ3v) is 7.38. The number of nitrogens with zero attached hydrogens (tertiary/aromatic N) is 5. The van der Waals surface area contributed by atoms with Crippen LogP contribution in [0.25, 0.3) is 0 Å². The van der Waals surface area contributed by atoms with Gasteiger partial charge in [-0.1, -0.05) is 50.4 Å². The first-order valence-electron chi connectivity index (χ1n) is 11.5. The standard InChI is InChI=1S/C22H30N4S2.C2H3N.BF4.Cu/c1-6-16-13-17(7-2)20(15-28-22-24-10-12-26(22)5)18(8-3)19(16)14-27-21-23-9-11-25(21)4;1-2-3;2-1(3,4)5;/h9-13H,6-8,14-15H2,1-5H3;1H3;;/q;;-1;+1. The van der Waals surface area contributed by atoms with Gasteiger partial charge in [-0.3, -0.25) is 0 Å². The predicted octanol–water partition coefficient (Wildman–Crippen LogP) is 7.25. The van der Waals surface area contributed by atoms with Crippen molar-refractivity contribution >= 4 is 30.8 Å². The molecule has 0 saturated heterocycles. The molecule has 2 aromatic heterocycles. The molecule has 0 aliphatic heterocycles. The number of hydrogen-bond acceptors (Lipinski definition) is 5. The number of thioether (sulfide) groups is 2. The zero-order chi connectivity index (χ0) is 27.3. The van der Waals surface area contributed by atoms with Gasteiger partial charge in [0.1, 0.15) is 0 Å². The number of aromatic nitrogens is 4. The minimum atomic E-state index is -6.00. The Morgan fingerprint density at radius 2 is 1.16 bits per heavy atom. The molecule has 0 radical (unpaired) electrons. The molecule has 1 aromatic carbocycles. The number of nitriles is 1. The Bertz CT molecular complexity index is 1050. The second kappa shape index (κ2) is 17.6. The summed E-state index contributed by atoms with van der Waals surface area (Å²) in [5.41, 5.74) is 7.51. The van der Waals surface area contributed by atoms with Crippen molar-refractivity contribution in [1.29, 1.82) is 5.26 Å². The van der Waals surface area contributed by atoms with Crippen LogP contribution in [0.5, 0.6) is 0 Å². The quantitative estimate of drug-likeness (QED) is 0.146. The minimum Gasteiger partial charge on any atom is -0.418 e. The maximum atomic E-state index is 9.75. The van der Waals surface area contributed by atoms with E-state index in [0.717, 1.165) is 41.1 Å². The maximum Gasteiger partial charge on any atom is 1.00 e. The zero-order valence-corrected chi connectivity index (χ0v) is 24.4. The molecule has 0 unspecified atom stereocenters. The fraction of sp³-hybridized carbons (Fsp3) is 0.458. The first-order chi connectivity index (χ1) is 17.0. The second-order valence-corrected chi connectivity index (χ2v) is 9.51. The first kappa shape index (κ1) is 35.1. The Kier molecular flexibility index (Phi) is 16.7. The molecule has 13 heteroatoms. The minimum absolute atomic E-state index is 0. The van der Waals surface area contributed by atoms with Crippen molar-refractivity contribution in [1.82, 2.24) is 19.1 Å². The van der Waals surface area contributed by atoms with E-state index in [4.69, 9.17) is 5.26 Å². The normalized spacial score (nSPS) is 10.4. The average Bonchev–Trinajstić information content (AvgIpc) is 3.42. The zero-order valence-electron chi connectivity index (χ0n) is 21.9. The smallest absolute Gasteiger partial charge is 0.418 e. The van der Waals surface area contributed by atoms with Crippen molar-refractivity contribution in [3.05, 3.63) is 58.7 Å². The monoisotopic (exact) mass is 605 g/mol. The Labute approximate surface area is 236 Å². The number of aryl methyl sites for hydroxylation is 4. The third-order valence-electron chi connectivity index (χ3n) is 5.21. The van der Waals surface area contributed by atoms with Crippen molar-refractivity contribution < 1.29 is 34.3 Å². The van der Waals surface area contributed by atoms with Crippen LogP contribution in [0.3, 0.4) is 0 Å². The first-order valence-corrected chi connectivity index (χ1v) is 13.5. The van der Waals surface area contributed by atoms with Gasteiger partial charge in [0.15, 0.2) is 10.3 Å². The van der Waals surface area contributed by atoms with E-state index in [1.807, 2.05) is 48.3 Å². The topological polar surface area (TPSA) is 59.4 Å². The average molecular weight is 606 g/mol. The Morgan fingerprint density at radius 1 is 0.811 bits per heavy atom. The van der Waals surface area contributed by atoms with Gasteiger partial charge in [0, 0.05) is 57.3 Å². The molecule has 0 atom stereocenters. The molecule has 0 aliphatic rings. The molecule has 5 nitrogen and oxygen atoms in total. The van der Waals surface area contributed by atoms with Gasteiger partial charge in [-0.25, -0.2) is 9.97 Å². The molecule has 0 saturated carbocycles. The molecule has 0 aliphatic carbocycles. The van der Waals surface area contributed by atoms with Crippen LogP contribution in [0.15, 0.2) is 41.2 Å². The molecule has 0 N–H and O–H groups in total. The van der Waals surface area contributed by atoms with Crippen molar-refractivity contribution in [2.45, 2.75) is 68.8 Å². The van der Waals surface area contributed by atoms with Gasteiger partial charge in [-0.2, -0.15) is 5.26 Å². The largest absolute Gasteiger partial charge is 1.00 e. The number of halogens is 4. The van der Waals surface area contributed by atoms with Crippen LogP contribution >= 0.6 is 23.5 Å². The van der Waals surface area contributed by atoms with E-state index in [-0.39, 0.29) is 17.1 Å². The summed E-state index contributed by atoms with van der Waals surface area (Å²) in [6, 6.07) is 4.20. The second-order valence-electron chi connectivity index (χ2n) is 7.63. The Hall–Kier alpha value is -1.87. The van der Waals surface area contributed by atoms with Crippen LogP contribution in [0.4, 0.5) is 17.3 Å². The molecule has 37 heavy (non-hydrogen) atoms. The molecule has 0 bridgehead atoms. The van der Waals surface area contributed by atoms with Crippen LogP contribution in [0.1, 0.15) is 55.5 Å². The van der Waals surface area contributed by atoms with Gasteiger partial charge in [-0.15, -0.1) is 0 Å². The van der Waals surface area contributed by atoms with E-state index in [9.17, 15) is 17.3 Å². The molecular weight excluding hydrogens is 573 g/mol. The molecule has 3 aromatic rings. The molecule has 0 amide bonds. The molecule has 3 rings (SSSR count). The van der Waals surface area contributed by atoms with E-state index in [0.29, 0.717) is 0 Å². The van der Waals surface area contributed by atoms with Gasteiger partial charge >= 0.3 is 24.3 Å². The third kappa shape index (κ3) is 12.0. The summed E-state index contributed by atoms with van der Waals surface area (Å²) < 4.78 is 43.2. The fourth-order valence-electron chi connectivity index (χ4n) is 3.63. The summed E-state index contributed by atoms with van der Waals surface area (Å²) in [4.78, 5) is 8.98. The number of rotatable bonds is 9. The Balaban J connectivity index is 0.00000127. The van der Waals surface area contributed by atoms with Crippen LogP contribution in [0.2, 0.25) is 0 Å². The molecular formula is C24H33BCuF4N5S2. The number of hydrogen-bond donors (Lipinski definition) is 0. The van der Waals surface area contributed by atoms with Gasteiger partial charge < -0.3 is 26.4 Å². The van der Waals surface area contributed by atoms with E-state index < -0.39 is 7.25 Å².